The number of rotatable bonds is 3. The van der Waals surface area contributed by atoms with Crippen LogP contribution in [0.5, 0.6) is 0 Å². The summed E-state index contributed by atoms with van der Waals surface area (Å²) in [5.41, 5.74) is 7.52. The molecule has 24 heavy (non-hydrogen) atoms. The summed E-state index contributed by atoms with van der Waals surface area (Å²) in [4.78, 5) is 30.0. The zero-order valence-electron chi connectivity index (χ0n) is 14.7. The normalized spacial score (nSPS) is 13.5. The van der Waals surface area contributed by atoms with Gasteiger partial charge in [0.1, 0.15) is 11.4 Å². The van der Waals surface area contributed by atoms with Crippen LogP contribution in [-0.2, 0) is 20.7 Å². The first-order chi connectivity index (χ1) is 11.2. The topological polar surface area (TPSA) is 94.8 Å². The summed E-state index contributed by atoms with van der Waals surface area (Å²) < 4.78 is 10.4. The van der Waals surface area contributed by atoms with E-state index in [-0.39, 0.29) is 6.61 Å². The van der Waals surface area contributed by atoms with Crippen LogP contribution in [0.2, 0.25) is 0 Å². The molecule has 1 aromatic rings. The third kappa shape index (κ3) is 3.50. The van der Waals surface area contributed by atoms with E-state index in [0.717, 1.165) is 0 Å². The van der Waals surface area contributed by atoms with Crippen molar-refractivity contribution in [1.82, 2.24) is 4.98 Å². The number of anilines is 1. The Morgan fingerprint density at radius 1 is 1.38 bits per heavy atom. The highest BCUT2D eigenvalue weighted by molar-refractivity contribution is 6.19. The van der Waals surface area contributed by atoms with Crippen LogP contribution >= 0.6 is 0 Å². The van der Waals surface area contributed by atoms with Crippen molar-refractivity contribution in [3.05, 3.63) is 29.1 Å². The van der Waals surface area contributed by atoms with E-state index in [1.807, 2.05) is 0 Å². The van der Waals surface area contributed by atoms with Crippen molar-refractivity contribution < 1.29 is 19.1 Å². The van der Waals surface area contributed by atoms with Gasteiger partial charge in [-0.3, -0.25) is 4.90 Å². The zero-order valence-corrected chi connectivity index (χ0v) is 14.7. The maximum absolute atomic E-state index is 12.3. The van der Waals surface area contributed by atoms with E-state index in [1.165, 1.54) is 11.1 Å². The van der Waals surface area contributed by atoms with Gasteiger partial charge in [0.15, 0.2) is 0 Å². The maximum Gasteiger partial charge on any atom is 0.415 e. The molecule has 0 saturated carbocycles. The second-order valence-corrected chi connectivity index (χ2v) is 6.50. The Morgan fingerprint density at radius 2 is 2.04 bits per heavy atom. The van der Waals surface area contributed by atoms with E-state index in [0.29, 0.717) is 34.6 Å². The summed E-state index contributed by atoms with van der Waals surface area (Å²) >= 11 is 0. The zero-order chi connectivity index (χ0) is 18.1. The second-order valence-electron chi connectivity index (χ2n) is 6.50. The minimum Gasteiger partial charge on any atom is -0.462 e. The average molecular weight is 333 g/mol. The van der Waals surface area contributed by atoms with Gasteiger partial charge in [-0.2, -0.15) is 0 Å². The van der Waals surface area contributed by atoms with Gasteiger partial charge >= 0.3 is 12.1 Å². The molecule has 0 radical (unpaired) electrons. The molecular formula is C17H23N3O4. The lowest BCUT2D eigenvalue weighted by Gasteiger charge is -2.25. The van der Waals surface area contributed by atoms with Gasteiger partial charge in [0.25, 0.3) is 0 Å². The maximum atomic E-state index is 12.3. The van der Waals surface area contributed by atoms with Crippen molar-refractivity contribution in [2.45, 2.75) is 39.7 Å². The van der Waals surface area contributed by atoms with E-state index in [9.17, 15) is 9.59 Å². The SMILES string of the molecule is CCOC(=O)C1=C(N)Cc2c1ccnc2N(C)C(=O)OC(C)(C)C. The first-order valence-corrected chi connectivity index (χ1v) is 7.76. The number of hydrogen-bond donors (Lipinski definition) is 1. The Hall–Kier alpha value is -2.57. The lowest BCUT2D eigenvalue weighted by Crippen LogP contribution is -2.35. The van der Waals surface area contributed by atoms with Crippen LogP contribution in [0.4, 0.5) is 10.6 Å². The molecule has 1 aliphatic rings. The summed E-state index contributed by atoms with van der Waals surface area (Å²) in [5, 5.41) is 0. The Labute approximate surface area is 141 Å². The van der Waals surface area contributed by atoms with Crippen LogP contribution in [-0.4, -0.2) is 36.3 Å². The molecule has 7 heteroatoms. The number of carbonyl (C=O) groups is 2. The Morgan fingerprint density at radius 3 is 2.62 bits per heavy atom. The summed E-state index contributed by atoms with van der Waals surface area (Å²) in [7, 11) is 1.58. The number of aromatic nitrogens is 1. The van der Waals surface area contributed by atoms with Gasteiger partial charge in [-0.25, -0.2) is 14.6 Å². The average Bonchev–Trinajstić information content (AvgIpc) is 2.80. The molecule has 0 bridgehead atoms. The van der Waals surface area contributed by atoms with Crippen molar-refractivity contribution in [3.8, 4) is 0 Å². The van der Waals surface area contributed by atoms with Crippen LogP contribution in [0.15, 0.2) is 18.0 Å². The lowest BCUT2D eigenvalue weighted by molar-refractivity contribution is -0.136. The highest BCUT2D eigenvalue weighted by Crippen LogP contribution is 2.36. The van der Waals surface area contributed by atoms with Gasteiger partial charge in [-0.1, -0.05) is 0 Å². The molecular weight excluding hydrogens is 310 g/mol. The van der Waals surface area contributed by atoms with E-state index in [2.05, 4.69) is 4.98 Å². The predicted molar refractivity (Wildman–Crippen MR) is 90.3 cm³/mol. The minimum atomic E-state index is -0.614. The molecule has 0 aromatic carbocycles. The standard InChI is InChI=1S/C17H23N3O4/c1-6-23-15(21)13-10-7-8-19-14(11(10)9-12(13)18)20(5)16(22)24-17(2,3)4/h7-8H,6,9,18H2,1-5H3. The van der Waals surface area contributed by atoms with Crippen molar-refractivity contribution >= 4 is 23.5 Å². The lowest BCUT2D eigenvalue weighted by atomic mass is 10.1. The van der Waals surface area contributed by atoms with E-state index >= 15 is 0 Å². The first-order valence-electron chi connectivity index (χ1n) is 7.76. The Bertz CT molecular complexity index is 704. The molecule has 7 nitrogen and oxygen atoms in total. The number of nitrogens with two attached hydrogens (primary N) is 1. The third-order valence-corrected chi connectivity index (χ3v) is 3.46. The van der Waals surface area contributed by atoms with Crippen LogP contribution < -0.4 is 10.6 Å². The number of esters is 1. The van der Waals surface area contributed by atoms with Gasteiger partial charge in [0.2, 0.25) is 0 Å². The molecule has 1 aliphatic carbocycles. The molecule has 0 unspecified atom stereocenters. The summed E-state index contributed by atoms with van der Waals surface area (Å²) in [6.45, 7) is 7.37. The fraction of sp³-hybridized carbons (Fsp3) is 0.471. The fourth-order valence-corrected chi connectivity index (χ4v) is 2.49. The molecule has 1 amide bonds. The summed E-state index contributed by atoms with van der Waals surface area (Å²) in [6, 6.07) is 1.70. The van der Waals surface area contributed by atoms with Crippen LogP contribution in [0.25, 0.3) is 5.57 Å². The number of hydrogen-bond acceptors (Lipinski definition) is 6. The molecule has 0 aliphatic heterocycles. The van der Waals surface area contributed by atoms with Gasteiger partial charge in [0, 0.05) is 30.9 Å². The summed E-state index contributed by atoms with van der Waals surface area (Å²) in [5.74, 6) is -0.0465. The first kappa shape index (κ1) is 17.8. The second kappa shape index (κ2) is 6.51. The molecule has 2 N–H and O–H groups in total. The number of nitrogens with zero attached hydrogens (tertiary/aromatic N) is 2. The van der Waals surface area contributed by atoms with Crippen molar-refractivity contribution in [2.24, 2.45) is 5.73 Å². The molecule has 1 aromatic heterocycles. The smallest absolute Gasteiger partial charge is 0.415 e. The van der Waals surface area contributed by atoms with Gasteiger partial charge < -0.3 is 15.2 Å². The van der Waals surface area contributed by atoms with Crippen molar-refractivity contribution in [1.29, 1.82) is 0 Å². The fourth-order valence-electron chi connectivity index (χ4n) is 2.49. The number of allylic oxidation sites excluding steroid dienone is 1. The molecule has 130 valence electrons. The Balaban J connectivity index is 2.36. The summed E-state index contributed by atoms with van der Waals surface area (Å²) in [6.07, 6.45) is 1.35. The van der Waals surface area contributed by atoms with E-state index in [1.54, 1.807) is 40.8 Å². The number of fused-ring (bicyclic) bond motifs is 1. The highest BCUT2D eigenvalue weighted by atomic mass is 16.6. The Kier molecular flexibility index (Phi) is 4.82. The monoisotopic (exact) mass is 333 g/mol. The molecule has 0 atom stereocenters. The number of amides is 1. The molecule has 2 rings (SSSR count). The highest BCUT2D eigenvalue weighted by Gasteiger charge is 2.31. The van der Waals surface area contributed by atoms with E-state index < -0.39 is 17.7 Å². The van der Waals surface area contributed by atoms with Crippen molar-refractivity contribution in [3.63, 3.8) is 0 Å². The molecule has 0 saturated heterocycles. The number of carbonyl (C=O) groups excluding carboxylic acids is 2. The van der Waals surface area contributed by atoms with Gasteiger partial charge in [0.05, 0.1) is 12.2 Å². The van der Waals surface area contributed by atoms with Crippen LogP contribution in [0.3, 0.4) is 0 Å². The molecule has 0 fully saturated rings. The van der Waals surface area contributed by atoms with Crippen LogP contribution in [0.1, 0.15) is 38.8 Å². The minimum absolute atomic E-state index is 0.265. The third-order valence-electron chi connectivity index (χ3n) is 3.46. The molecule has 1 heterocycles. The quantitative estimate of drug-likeness (QED) is 0.853. The number of pyridine rings is 1. The predicted octanol–water partition coefficient (Wildman–Crippen LogP) is 2.24. The van der Waals surface area contributed by atoms with Crippen LogP contribution in [0, 0.1) is 0 Å². The van der Waals surface area contributed by atoms with Gasteiger partial charge in [-0.05, 0) is 39.3 Å². The number of ether oxygens (including phenoxy) is 2. The van der Waals surface area contributed by atoms with E-state index in [4.69, 9.17) is 15.2 Å². The largest absolute Gasteiger partial charge is 0.462 e. The van der Waals surface area contributed by atoms with Crippen molar-refractivity contribution in [2.75, 3.05) is 18.6 Å². The van der Waals surface area contributed by atoms with Gasteiger partial charge in [-0.15, -0.1) is 0 Å². The molecule has 0 spiro atoms.